The van der Waals surface area contributed by atoms with Gasteiger partial charge < -0.3 is 5.11 Å². The third-order valence-electron chi connectivity index (χ3n) is 4.75. The Morgan fingerprint density at radius 2 is 1.95 bits per heavy atom. The van der Waals surface area contributed by atoms with Gasteiger partial charge in [0, 0.05) is 11.3 Å². The molecule has 104 valence electrons. The van der Waals surface area contributed by atoms with Gasteiger partial charge in [-0.2, -0.15) is 0 Å². The summed E-state index contributed by atoms with van der Waals surface area (Å²) in [5.74, 6) is 0.159. The predicted molar refractivity (Wildman–Crippen MR) is 81.2 cm³/mol. The van der Waals surface area contributed by atoms with Crippen molar-refractivity contribution in [1.82, 2.24) is 0 Å². The highest BCUT2D eigenvalue weighted by atomic mass is 16.3. The maximum Gasteiger partial charge on any atom is 0.0702 e. The van der Waals surface area contributed by atoms with E-state index >= 15 is 0 Å². The molecule has 0 spiro atoms. The van der Waals surface area contributed by atoms with Gasteiger partial charge >= 0.3 is 0 Å². The number of benzene rings is 1. The molecule has 0 saturated carbocycles. The molecule has 1 aliphatic carbocycles. The summed E-state index contributed by atoms with van der Waals surface area (Å²) in [6, 6.07) is 10.4. The first-order chi connectivity index (χ1) is 9.23. The van der Waals surface area contributed by atoms with E-state index in [1.165, 1.54) is 18.4 Å². The van der Waals surface area contributed by atoms with Crippen molar-refractivity contribution in [2.45, 2.75) is 58.0 Å². The maximum absolute atomic E-state index is 10.9. The summed E-state index contributed by atoms with van der Waals surface area (Å²) in [6.45, 7) is 4.45. The van der Waals surface area contributed by atoms with Crippen LogP contribution in [0.2, 0.25) is 0 Å². The van der Waals surface area contributed by atoms with Gasteiger partial charge in [0.2, 0.25) is 0 Å². The number of allylic oxidation sites excluding steroid dienone is 1. The predicted octanol–water partition coefficient (Wildman–Crippen LogP) is 4.68. The van der Waals surface area contributed by atoms with E-state index in [1.54, 1.807) is 0 Å². The molecule has 1 heteroatoms. The van der Waals surface area contributed by atoms with Crippen LogP contribution in [0.4, 0.5) is 0 Å². The van der Waals surface area contributed by atoms with Crippen molar-refractivity contribution in [1.29, 1.82) is 0 Å². The normalized spacial score (nSPS) is 30.5. The third kappa shape index (κ3) is 2.92. The zero-order valence-electron chi connectivity index (χ0n) is 12.2. The molecule has 0 saturated heterocycles. The second-order valence-corrected chi connectivity index (χ2v) is 5.83. The van der Waals surface area contributed by atoms with Crippen molar-refractivity contribution in [2.75, 3.05) is 0 Å². The number of aliphatic hydroxyl groups excluding tert-OH is 1. The molecule has 3 atom stereocenters. The van der Waals surface area contributed by atoms with Crippen molar-refractivity contribution in [3.63, 3.8) is 0 Å². The molecule has 1 aliphatic rings. The SMILES string of the molecule is CCCCC1(CC)CC=CC(c2ccccc2)C1O. The van der Waals surface area contributed by atoms with Gasteiger partial charge in [0.05, 0.1) is 6.10 Å². The average molecular weight is 258 g/mol. The van der Waals surface area contributed by atoms with Crippen LogP contribution >= 0.6 is 0 Å². The largest absolute Gasteiger partial charge is 0.392 e. The fourth-order valence-electron chi connectivity index (χ4n) is 3.33. The van der Waals surface area contributed by atoms with E-state index in [0.717, 1.165) is 19.3 Å². The number of unbranched alkanes of at least 4 members (excludes halogenated alkanes) is 1. The van der Waals surface area contributed by atoms with Crippen LogP contribution < -0.4 is 0 Å². The van der Waals surface area contributed by atoms with Crippen molar-refractivity contribution in [3.05, 3.63) is 48.0 Å². The van der Waals surface area contributed by atoms with E-state index in [0.29, 0.717) is 0 Å². The first kappa shape index (κ1) is 14.3. The molecule has 0 bridgehead atoms. The van der Waals surface area contributed by atoms with Crippen molar-refractivity contribution < 1.29 is 5.11 Å². The second kappa shape index (κ2) is 6.38. The van der Waals surface area contributed by atoms with Gasteiger partial charge in [-0.25, -0.2) is 0 Å². The Kier molecular flexibility index (Phi) is 4.81. The fraction of sp³-hybridized carbons (Fsp3) is 0.556. The number of rotatable bonds is 5. The standard InChI is InChI=1S/C18H26O/c1-3-5-13-18(4-2)14-9-12-16(17(18)19)15-10-7-6-8-11-15/h6-12,16-17,19H,3-5,13-14H2,1-2H3. The lowest BCUT2D eigenvalue weighted by molar-refractivity contribution is -0.00202. The van der Waals surface area contributed by atoms with Crippen LogP contribution in [-0.4, -0.2) is 11.2 Å². The van der Waals surface area contributed by atoms with E-state index in [1.807, 2.05) is 6.07 Å². The minimum absolute atomic E-state index is 0.0747. The molecule has 1 N–H and O–H groups in total. The van der Waals surface area contributed by atoms with Crippen molar-refractivity contribution in [2.24, 2.45) is 5.41 Å². The van der Waals surface area contributed by atoms with Crippen LogP contribution in [0, 0.1) is 5.41 Å². The molecular weight excluding hydrogens is 232 g/mol. The lowest BCUT2D eigenvalue weighted by Gasteiger charge is -2.43. The lowest BCUT2D eigenvalue weighted by Crippen LogP contribution is -2.40. The fourth-order valence-corrected chi connectivity index (χ4v) is 3.33. The Morgan fingerprint density at radius 1 is 1.21 bits per heavy atom. The van der Waals surface area contributed by atoms with Gasteiger partial charge in [-0.1, -0.05) is 69.2 Å². The van der Waals surface area contributed by atoms with Gasteiger partial charge in [0.15, 0.2) is 0 Å². The van der Waals surface area contributed by atoms with Gasteiger partial charge in [-0.3, -0.25) is 0 Å². The summed E-state index contributed by atoms with van der Waals surface area (Å²) in [4.78, 5) is 0. The Balaban J connectivity index is 2.24. The van der Waals surface area contributed by atoms with Gasteiger partial charge in [-0.05, 0) is 24.8 Å². The lowest BCUT2D eigenvalue weighted by atomic mass is 9.65. The molecule has 0 amide bonds. The first-order valence-electron chi connectivity index (χ1n) is 7.63. The summed E-state index contributed by atoms with van der Waals surface area (Å²) in [5.41, 5.74) is 1.31. The molecular formula is C18H26O. The molecule has 0 radical (unpaired) electrons. The Bertz CT molecular complexity index is 409. The molecule has 0 aromatic heterocycles. The van der Waals surface area contributed by atoms with Crippen LogP contribution in [0.1, 0.15) is 57.4 Å². The first-order valence-corrected chi connectivity index (χ1v) is 7.63. The second-order valence-electron chi connectivity index (χ2n) is 5.83. The van der Waals surface area contributed by atoms with Crippen LogP contribution in [0.3, 0.4) is 0 Å². The van der Waals surface area contributed by atoms with Crippen LogP contribution in [0.15, 0.2) is 42.5 Å². The summed E-state index contributed by atoms with van der Waals surface area (Å²) >= 11 is 0. The summed E-state index contributed by atoms with van der Waals surface area (Å²) in [7, 11) is 0. The van der Waals surface area contributed by atoms with Crippen molar-refractivity contribution in [3.8, 4) is 0 Å². The molecule has 1 aromatic carbocycles. The van der Waals surface area contributed by atoms with E-state index in [-0.39, 0.29) is 17.4 Å². The van der Waals surface area contributed by atoms with E-state index in [4.69, 9.17) is 0 Å². The van der Waals surface area contributed by atoms with E-state index in [9.17, 15) is 5.11 Å². The van der Waals surface area contributed by atoms with E-state index in [2.05, 4.69) is 50.3 Å². The number of aliphatic hydroxyl groups is 1. The van der Waals surface area contributed by atoms with Gasteiger partial charge in [0.25, 0.3) is 0 Å². The zero-order chi connectivity index (χ0) is 13.7. The Hall–Kier alpha value is -1.08. The summed E-state index contributed by atoms with van der Waals surface area (Å²) in [5, 5.41) is 10.9. The molecule has 0 aliphatic heterocycles. The van der Waals surface area contributed by atoms with Gasteiger partial charge in [-0.15, -0.1) is 0 Å². The van der Waals surface area contributed by atoms with Crippen molar-refractivity contribution >= 4 is 0 Å². The average Bonchev–Trinajstić information content (AvgIpc) is 2.47. The zero-order valence-corrected chi connectivity index (χ0v) is 12.2. The molecule has 1 aromatic rings. The van der Waals surface area contributed by atoms with Crippen LogP contribution in [0.25, 0.3) is 0 Å². The maximum atomic E-state index is 10.9. The molecule has 19 heavy (non-hydrogen) atoms. The minimum Gasteiger partial charge on any atom is -0.392 e. The monoisotopic (exact) mass is 258 g/mol. The molecule has 0 heterocycles. The quantitative estimate of drug-likeness (QED) is 0.760. The van der Waals surface area contributed by atoms with Crippen LogP contribution in [-0.2, 0) is 0 Å². The number of hydrogen-bond acceptors (Lipinski definition) is 1. The Morgan fingerprint density at radius 3 is 2.58 bits per heavy atom. The molecule has 1 nitrogen and oxygen atoms in total. The molecule has 2 rings (SSSR count). The number of hydrogen-bond donors (Lipinski definition) is 1. The molecule has 3 unspecified atom stereocenters. The molecule has 0 fully saturated rings. The minimum atomic E-state index is -0.253. The topological polar surface area (TPSA) is 20.2 Å². The van der Waals surface area contributed by atoms with Gasteiger partial charge in [0.1, 0.15) is 0 Å². The highest BCUT2D eigenvalue weighted by Gasteiger charge is 2.41. The summed E-state index contributed by atoms with van der Waals surface area (Å²) in [6.07, 6.45) is 9.85. The Labute approximate surface area is 117 Å². The smallest absolute Gasteiger partial charge is 0.0702 e. The highest BCUT2D eigenvalue weighted by molar-refractivity contribution is 5.28. The van der Waals surface area contributed by atoms with E-state index < -0.39 is 0 Å². The summed E-state index contributed by atoms with van der Waals surface area (Å²) < 4.78 is 0. The third-order valence-corrected chi connectivity index (χ3v) is 4.75. The van der Waals surface area contributed by atoms with Crippen LogP contribution in [0.5, 0.6) is 0 Å². The highest BCUT2D eigenvalue weighted by Crippen LogP contribution is 2.46.